The maximum Gasteiger partial charge on any atom is 0.119 e. The first-order chi connectivity index (χ1) is 12.7. The third-order valence-corrected chi connectivity index (χ3v) is 4.37. The molecule has 0 aliphatic carbocycles. The Bertz CT molecular complexity index is 819. The van der Waals surface area contributed by atoms with E-state index in [0.29, 0.717) is 6.54 Å². The van der Waals surface area contributed by atoms with Gasteiger partial charge in [0.2, 0.25) is 0 Å². The number of nitrogens with zero attached hydrogens (tertiary/aromatic N) is 1. The van der Waals surface area contributed by atoms with Gasteiger partial charge in [0.15, 0.2) is 0 Å². The normalized spacial score (nSPS) is 11.8. The van der Waals surface area contributed by atoms with E-state index in [1.165, 1.54) is 0 Å². The highest BCUT2D eigenvalue weighted by atomic mass is 16.5. The van der Waals surface area contributed by atoms with Crippen LogP contribution in [0.5, 0.6) is 5.75 Å². The van der Waals surface area contributed by atoms with Crippen LogP contribution in [0.15, 0.2) is 78.9 Å². The summed E-state index contributed by atoms with van der Waals surface area (Å²) >= 11 is 0. The zero-order chi connectivity index (χ0) is 18.4. The van der Waals surface area contributed by atoms with Crippen LogP contribution in [0.1, 0.15) is 11.7 Å². The molecule has 0 aliphatic rings. The molecule has 0 radical (unpaired) electrons. The molecule has 1 unspecified atom stereocenters. The van der Waals surface area contributed by atoms with Crippen LogP contribution in [0.2, 0.25) is 0 Å². The number of hydrogen-bond acceptors (Lipinski definition) is 4. The van der Waals surface area contributed by atoms with Crippen LogP contribution in [0.3, 0.4) is 0 Å². The molecule has 26 heavy (non-hydrogen) atoms. The molecule has 0 saturated heterocycles. The molecule has 0 saturated carbocycles. The maximum atomic E-state index is 6.02. The average Bonchev–Trinajstić information content (AvgIpc) is 2.70. The van der Waals surface area contributed by atoms with Gasteiger partial charge in [-0.25, -0.2) is 0 Å². The molecule has 0 spiro atoms. The summed E-state index contributed by atoms with van der Waals surface area (Å²) < 4.78 is 11.1. The molecule has 134 valence electrons. The fourth-order valence-corrected chi connectivity index (χ4v) is 2.96. The monoisotopic (exact) mass is 348 g/mol. The molecule has 4 nitrogen and oxygen atoms in total. The molecular formula is C22H24N2O2. The zero-order valence-electron chi connectivity index (χ0n) is 15.1. The minimum Gasteiger partial charge on any atom is -0.497 e. The summed E-state index contributed by atoms with van der Waals surface area (Å²) in [5.41, 5.74) is 9.96. The van der Waals surface area contributed by atoms with Crippen molar-refractivity contribution in [1.82, 2.24) is 0 Å². The van der Waals surface area contributed by atoms with E-state index in [2.05, 4.69) is 23.1 Å². The quantitative estimate of drug-likeness (QED) is 0.623. The van der Waals surface area contributed by atoms with Crippen molar-refractivity contribution in [2.75, 3.05) is 31.4 Å². The predicted octanol–water partition coefficient (Wildman–Crippen LogP) is 4.80. The number of methoxy groups -OCH3 is 2. The standard InChI is InChI=1S/C22H24N2O2/c1-25-21-13-11-19(12-14-21)24(20-10-6-9-18(23)15-20)16-22(26-2)17-7-4-3-5-8-17/h3-15,22H,16,23H2,1-2H3. The summed E-state index contributed by atoms with van der Waals surface area (Å²) in [5, 5.41) is 0. The summed E-state index contributed by atoms with van der Waals surface area (Å²) in [5.74, 6) is 0.827. The van der Waals surface area contributed by atoms with Crippen LogP contribution < -0.4 is 15.4 Å². The lowest BCUT2D eigenvalue weighted by molar-refractivity contribution is 0.110. The van der Waals surface area contributed by atoms with Crippen LogP contribution in [-0.4, -0.2) is 20.8 Å². The second-order valence-corrected chi connectivity index (χ2v) is 6.04. The molecule has 1 atom stereocenters. The van der Waals surface area contributed by atoms with Crippen LogP contribution in [0, 0.1) is 0 Å². The van der Waals surface area contributed by atoms with Gasteiger partial charge in [0, 0.05) is 24.2 Å². The van der Waals surface area contributed by atoms with Gasteiger partial charge in [-0.1, -0.05) is 36.4 Å². The van der Waals surface area contributed by atoms with Crippen molar-refractivity contribution >= 4 is 17.1 Å². The van der Waals surface area contributed by atoms with Gasteiger partial charge in [-0.15, -0.1) is 0 Å². The van der Waals surface area contributed by atoms with E-state index in [9.17, 15) is 0 Å². The van der Waals surface area contributed by atoms with E-state index < -0.39 is 0 Å². The largest absolute Gasteiger partial charge is 0.497 e. The topological polar surface area (TPSA) is 47.7 Å². The zero-order valence-corrected chi connectivity index (χ0v) is 15.1. The molecule has 3 rings (SSSR count). The van der Waals surface area contributed by atoms with E-state index in [-0.39, 0.29) is 6.10 Å². The first-order valence-electron chi connectivity index (χ1n) is 8.56. The van der Waals surface area contributed by atoms with Crippen molar-refractivity contribution in [3.05, 3.63) is 84.4 Å². The molecule has 3 aromatic rings. The van der Waals surface area contributed by atoms with Gasteiger partial charge in [-0.05, 0) is 48.0 Å². The first-order valence-corrected chi connectivity index (χ1v) is 8.56. The van der Waals surface area contributed by atoms with Gasteiger partial charge in [0.25, 0.3) is 0 Å². The summed E-state index contributed by atoms with van der Waals surface area (Å²) in [7, 11) is 3.41. The number of rotatable bonds is 7. The van der Waals surface area contributed by atoms with Crippen LogP contribution >= 0.6 is 0 Å². The molecule has 0 heterocycles. The van der Waals surface area contributed by atoms with Crippen LogP contribution in [-0.2, 0) is 4.74 Å². The second kappa shape index (κ2) is 8.41. The van der Waals surface area contributed by atoms with Gasteiger partial charge in [-0.3, -0.25) is 0 Å². The van der Waals surface area contributed by atoms with Crippen molar-refractivity contribution in [1.29, 1.82) is 0 Å². The maximum absolute atomic E-state index is 6.02. The second-order valence-electron chi connectivity index (χ2n) is 6.04. The Kier molecular flexibility index (Phi) is 5.77. The van der Waals surface area contributed by atoms with Crippen LogP contribution in [0.4, 0.5) is 17.1 Å². The molecule has 0 fully saturated rings. The minimum absolute atomic E-state index is 0.0697. The summed E-state index contributed by atoms with van der Waals surface area (Å²) in [6.45, 7) is 0.663. The SMILES string of the molecule is COc1ccc(N(CC(OC)c2ccccc2)c2cccc(N)c2)cc1. The Morgan fingerprint density at radius 1 is 0.846 bits per heavy atom. The average molecular weight is 348 g/mol. The fourth-order valence-electron chi connectivity index (χ4n) is 2.96. The molecule has 0 bridgehead atoms. The smallest absolute Gasteiger partial charge is 0.119 e. The summed E-state index contributed by atoms with van der Waals surface area (Å²) in [4.78, 5) is 2.21. The van der Waals surface area contributed by atoms with Gasteiger partial charge in [-0.2, -0.15) is 0 Å². The number of nitrogens with two attached hydrogens (primary N) is 1. The Labute approximate surface area is 154 Å². The molecule has 3 aromatic carbocycles. The Morgan fingerprint density at radius 3 is 2.19 bits per heavy atom. The number of nitrogen functional groups attached to an aromatic ring is 1. The molecule has 0 amide bonds. The van der Waals surface area contributed by atoms with E-state index in [1.54, 1.807) is 14.2 Å². The Hall–Kier alpha value is -2.98. The highest BCUT2D eigenvalue weighted by Crippen LogP contribution is 2.31. The fraction of sp³-hybridized carbons (Fsp3) is 0.182. The third-order valence-electron chi connectivity index (χ3n) is 4.37. The van der Waals surface area contributed by atoms with Gasteiger partial charge >= 0.3 is 0 Å². The number of benzene rings is 3. The van der Waals surface area contributed by atoms with E-state index in [4.69, 9.17) is 15.2 Å². The lowest BCUT2D eigenvalue weighted by Gasteiger charge is -2.29. The van der Waals surface area contributed by atoms with Crippen molar-refractivity contribution in [2.45, 2.75) is 6.10 Å². The minimum atomic E-state index is -0.0697. The van der Waals surface area contributed by atoms with Crippen LogP contribution in [0.25, 0.3) is 0 Å². The van der Waals surface area contributed by atoms with Crippen molar-refractivity contribution < 1.29 is 9.47 Å². The van der Waals surface area contributed by atoms with E-state index in [0.717, 1.165) is 28.4 Å². The van der Waals surface area contributed by atoms with Gasteiger partial charge in [0.05, 0.1) is 19.8 Å². The van der Waals surface area contributed by atoms with E-state index in [1.807, 2.05) is 60.7 Å². The first kappa shape index (κ1) is 17.8. The van der Waals surface area contributed by atoms with Crippen molar-refractivity contribution in [3.8, 4) is 5.75 Å². The lowest BCUT2D eigenvalue weighted by atomic mass is 10.1. The third kappa shape index (κ3) is 4.16. The molecule has 0 aromatic heterocycles. The predicted molar refractivity (Wildman–Crippen MR) is 107 cm³/mol. The Morgan fingerprint density at radius 2 is 1.58 bits per heavy atom. The molecular weight excluding hydrogens is 324 g/mol. The van der Waals surface area contributed by atoms with E-state index >= 15 is 0 Å². The number of ether oxygens (including phenoxy) is 2. The highest BCUT2D eigenvalue weighted by Gasteiger charge is 2.18. The Balaban J connectivity index is 1.96. The molecule has 4 heteroatoms. The lowest BCUT2D eigenvalue weighted by Crippen LogP contribution is -2.25. The van der Waals surface area contributed by atoms with Crippen molar-refractivity contribution in [2.24, 2.45) is 0 Å². The summed E-state index contributed by atoms with van der Waals surface area (Å²) in [6.07, 6.45) is -0.0697. The molecule has 0 aliphatic heterocycles. The van der Waals surface area contributed by atoms with Gasteiger partial charge < -0.3 is 20.1 Å². The van der Waals surface area contributed by atoms with Gasteiger partial charge in [0.1, 0.15) is 5.75 Å². The van der Waals surface area contributed by atoms with Crippen molar-refractivity contribution in [3.63, 3.8) is 0 Å². The summed E-state index contributed by atoms with van der Waals surface area (Å²) in [6, 6.07) is 26.1. The highest BCUT2D eigenvalue weighted by molar-refractivity contribution is 5.67. The molecule has 2 N–H and O–H groups in total. The number of anilines is 3. The number of hydrogen-bond donors (Lipinski definition) is 1.